The number of amides is 1. The number of carbonyl (C=O) groups is 2. The highest BCUT2D eigenvalue weighted by atomic mass is 19.1. The second-order valence-corrected chi connectivity index (χ2v) is 8.02. The minimum absolute atomic E-state index is 0.119. The standard InChI is InChI=1S/C22H28FNO3.2C2H6/c1-15(11-16-7-9-20(23)10-8-16)21(25)24-13-18(12-19(14-24)22(26)27)17-5-3-2-4-6-17;2*1-2/h7-11,17-19H,2-6,12-14H2,1H3,(H,26,27);2*1-2H3/b15-11+;;. The molecule has 5 heteroatoms. The molecular weight excluding hydrogens is 393 g/mol. The number of benzene rings is 1. The first-order valence-corrected chi connectivity index (χ1v) is 11.9. The number of carboxylic acid groups (broad SMARTS) is 1. The molecule has 174 valence electrons. The molecule has 1 saturated heterocycles. The van der Waals surface area contributed by atoms with Crippen molar-refractivity contribution in [2.24, 2.45) is 17.8 Å². The van der Waals surface area contributed by atoms with E-state index in [4.69, 9.17) is 0 Å². The van der Waals surface area contributed by atoms with Crippen molar-refractivity contribution in [2.75, 3.05) is 13.1 Å². The molecule has 0 bridgehead atoms. The SMILES string of the molecule is C/C(=C\c1ccc(F)cc1)C(=O)N1CC(C(=O)O)CC(C2CCCCC2)C1.CC.CC. The van der Waals surface area contributed by atoms with Crippen molar-refractivity contribution in [1.29, 1.82) is 0 Å². The molecule has 0 spiro atoms. The summed E-state index contributed by atoms with van der Waals surface area (Å²) in [4.78, 5) is 26.3. The summed E-state index contributed by atoms with van der Waals surface area (Å²) in [6, 6.07) is 5.99. The molecule has 0 radical (unpaired) electrons. The van der Waals surface area contributed by atoms with Gasteiger partial charge in [-0.1, -0.05) is 71.9 Å². The van der Waals surface area contributed by atoms with Crippen LogP contribution in [-0.4, -0.2) is 35.0 Å². The zero-order chi connectivity index (χ0) is 23.4. The number of likely N-dealkylation sites (tertiary alicyclic amines) is 1. The van der Waals surface area contributed by atoms with E-state index in [1.165, 1.54) is 31.4 Å². The van der Waals surface area contributed by atoms with Gasteiger partial charge in [-0.05, 0) is 49.0 Å². The number of nitrogens with zero attached hydrogens (tertiary/aromatic N) is 1. The van der Waals surface area contributed by atoms with Gasteiger partial charge in [0, 0.05) is 18.7 Å². The Bertz CT molecular complexity index is 708. The van der Waals surface area contributed by atoms with Crippen molar-refractivity contribution in [3.05, 3.63) is 41.2 Å². The zero-order valence-electron chi connectivity index (χ0n) is 19.9. The van der Waals surface area contributed by atoms with Gasteiger partial charge in [0.25, 0.3) is 0 Å². The van der Waals surface area contributed by atoms with Crippen LogP contribution >= 0.6 is 0 Å². The van der Waals surface area contributed by atoms with Crippen LogP contribution in [0.2, 0.25) is 0 Å². The Kier molecular flexibility index (Phi) is 12.1. The smallest absolute Gasteiger partial charge is 0.308 e. The van der Waals surface area contributed by atoms with Crippen molar-refractivity contribution >= 4 is 18.0 Å². The molecule has 1 saturated carbocycles. The van der Waals surface area contributed by atoms with E-state index in [0.717, 1.165) is 18.4 Å². The summed E-state index contributed by atoms with van der Waals surface area (Å²) in [6.07, 6.45) is 8.36. The van der Waals surface area contributed by atoms with Crippen LogP contribution in [0.1, 0.15) is 78.7 Å². The van der Waals surface area contributed by atoms with Gasteiger partial charge in [0.15, 0.2) is 0 Å². The van der Waals surface area contributed by atoms with E-state index < -0.39 is 11.9 Å². The van der Waals surface area contributed by atoms with Crippen LogP contribution in [0.25, 0.3) is 6.08 Å². The molecule has 31 heavy (non-hydrogen) atoms. The summed E-state index contributed by atoms with van der Waals surface area (Å²) in [5.74, 6) is -0.945. The molecule has 1 heterocycles. The number of carboxylic acids is 1. The molecule has 1 amide bonds. The Morgan fingerprint density at radius 2 is 1.55 bits per heavy atom. The molecule has 1 N–H and O–H groups in total. The normalized spacial score (nSPS) is 21.9. The third-order valence-electron chi connectivity index (χ3n) is 6.03. The van der Waals surface area contributed by atoms with Gasteiger partial charge in [0.2, 0.25) is 5.91 Å². The minimum atomic E-state index is -0.812. The molecule has 1 aromatic rings. The van der Waals surface area contributed by atoms with Gasteiger partial charge in [-0.25, -0.2) is 4.39 Å². The first kappa shape index (κ1) is 26.9. The molecule has 1 aromatic carbocycles. The van der Waals surface area contributed by atoms with Crippen LogP contribution in [0.5, 0.6) is 0 Å². The fourth-order valence-corrected chi connectivity index (χ4v) is 4.55. The molecule has 2 fully saturated rings. The summed E-state index contributed by atoms with van der Waals surface area (Å²) >= 11 is 0. The first-order valence-electron chi connectivity index (χ1n) is 11.9. The third kappa shape index (κ3) is 8.12. The number of aliphatic carboxylic acids is 1. The van der Waals surface area contributed by atoms with Crippen LogP contribution in [0.15, 0.2) is 29.8 Å². The van der Waals surface area contributed by atoms with Crippen molar-refractivity contribution in [2.45, 2.75) is 73.1 Å². The summed E-state index contributed by atoms with van der Waals surface area (Å²) in [7, 11) is 0. The molecule has 2 unspecified atom stereocenters. The molecule has 2 atom stereocenters. The maximum atomic E-state index is 13.1. The van der Waals surface area contributed by atoms with Crippen LogP contribution < -0.4 is 0 Å². The lowest BCUT2D eigenvalue weighted by molar-refractivity contribution is -0.147. The minimum Gasteiger partial charge on any atom is -0.481 e. The Labute approximate surface area is 187 Å². The molecule has 2 aliphatic rings. The molecule has 4 nitrogen and oxygen atoms in total. The van der Waals surface area contributed by atoms with Crippen LogP contribution in [0.3, 0.4) is 0 Å². The van der Waals surface area contributed by atoms with Crippen LogP contribution in [0, 0.1) is 23.6 Å². The number of halogens is 1. The Balaban J connectivity index is 0.00000113. The van der Waals surface area contributed by atoms with Gasteiger partial charge >= 0.3 is 5.97 Å². The number of piperidine rings is 1. The summed E-state index contributed by atoms with van der Waals surface area (Å²) < 4.78 is 13.1. The van der Waals surface area contributed by atoms with E-state index in [9.17, 15) is 19.1 Å². The highest BCUT2D eigenvalue weighted by Crippen LogP contribution is 2.37. The van der Waals surface area contributed by atoms with Crippen molar-refractivity contribution in [1.82, 2.24) is 4.90 Å². The van der Waals surface area contributed by atoms with Gasteiger partial charge in [0.1, 0.15) is 5.82 Å². The fourth-order valence-electron chi connectivity index (χ4n) is 4.55. The topological polar surface area (TPSA) is 57.6 Å². The average Bonchev–Trinajstić information content (AvgIpc) is 2.83. The number of rotatable bonds is 4. The predicted molar refractivity (Wildman–Crippen MR) is 125 cm³/mol. The van der Waals surface area contributed by atoms with Crippen LogP contribution in [0.4, 0.5) is 4.39 Å². The Morgan fingerprint density at radius 3 is 2.10 bits per heavy atom. The van der Waals surface area contributed by atoms with E-state index in [0.29, 0.717) is 24.5 Å². The van der Waals surface area contributed by atoms with E-state index in [2.05, 4.69) is 0 Å². The molecule has 1 aliphatic heterocycles. The molecule has 1 aliphatic carbocycles. The zero-order valence-corrected chi connectivity index (χ0v) is 19.9. The highest BCUT2D eigenvalue weighted by Gasteiger charge is 2.37. The van der Waals surface area contributed by atoms with Gasteiger partial charge in [-0.2, -0.15) is 0 Å². The molecule has 3 rings (SSSR count). The van der Waals surface area contributed by atoms with Crippen molar-refractivity contribution in [3.8, 4) is 0 Å². The Morgan fingerprint density at radius 1 is 0.968 bits per heavy atom. The maximum absolute atomic E-state index is 13.1. The largest absolute Gasteiger partial charge is 0.481 e. The van der Waals surface area contributed by atoms with E-state index in [-0.39, 0.29) is 24.2 Å². The van der Waals surface area contributed by atoms with Crippen molar-refractivity contribution in [3.63, 3.8) is 0 Å². The average molecular weight is 434 g/mol. The van der Waals surface area contributed by atoms with Gasteiger partial charge < -0.3 is 10.0 Å². The van der Waals surface area contributed by atoms with E-state index in [1.807, 2.05) is 27.7 Å². The maximum Gasteiger partial charge on any atom is 0.308 e. The summed E-state index contributed by atoms with van der Waals surface area (Å²) in [5.41, 5.74) is 1.31. The van der Waals surface area contributed by atoms with Gasteiger partial charge in [-0.15, -0.1) is 0 Å². The number of carbonyl (C=O) groups excluding carboxylic acids is 1. The monoisotopic (exact) mass is 433 g/mol. The number of hydrogen-bond acceptors (Lipinski definition) is 2. The first-order chi connectivity index (χ1) is 14.9. The summed E-state index contributed by atoms with van der Waals surface area (Å²) in [5, 5.41) is 9.57. The predicted octanol–water partition coefficient (Wildman–Crippen LogP) is 6.41. The molecule has 0 aromatic heterocycles. The lowest BCUT2D eigenvalue weighted by atomic mass is 9.74. The second-order valence-electron chi connectivity index (χ2n) is 8.02. The van der Waals surface area contributed by atoms with Gasteiger partial charge in [-0.3, -0.25) is 9.59 Å². The highest BCUT2D eigenvalue weighted by molar-refractivity contribution is 5.97. The lowest BCUT2D eigenvalue weighted by Crippen LogP contribution is -2.48. The molecular formula is C26H40FNO3. The summed E-state index contributed by atoms with van der Waals surface area (Å²) in [6.45, 7) is 10.7. The number of hydrogen-bond donors (Lipinski definition) is 1. The fraction of sp³-hybridized carbons (Fsp3) is 0.615. The van der Waals surface area contributed by atoms with E-state index >= 15 is 0 Å². The quantitative estimate of drug-likeness (QED) is 0.558. The Hall–Kier alpha value is -2.17. The van der Waals surface area contributed by atoms with Crippen molar-refractivity contribution < 1.29 is 19.1 Å². The van der Waals surface area contributed by atoms with Gasteiger partial charge in [0.05, 0.1) is 5.92 Å². The second kappa shape index (κ2) is 14.0. The van der Waals surface area contributed by atoms with E-state index in [1.54, 1.807) is 30.0 Å². The third-order valence-corrected chi connectivity index (χ3v) is 6.03. The lowest BCUT2D eigenvalue weighted by Gasteiger charge is -2.41. The van der Waals surface area contributed by atoms with Crippen LogP contribution in [-0.2, 0) is 9.59 Å².